The molecule has 0 amide bonds. The first-order chi connectivity index (χ1) is 11.7. The zero-order chi connectivity index (χ0) is 16.7. The molecule has 2 aromatic carbocycles. The van der Waals surface area contributed by atoms with Crippen LogP contribution in [0.5, 0.6) is 11.6 Å². The molecule has 0 saturated carbocycles. The van der Waals surface area contributed by atoms with Crippen molar-refractivity contribution in [1.82, 2.24) is 4.98 Å². The van der Waals surface area contributed by atoms with E-state index >= 15 is 0 Å². The number of nitrogens with zero attached hydrogens (tertiary/aromatic N) is 1. The average Bonchev–Trinajstić information content (AvgIpc) is 2.92. The molecule has 0 atom stereocenters. The summed E-state index contributed by atoms with van der Waals surface area (Å²) < 4.78 is 11.1. The lowest BCUT2D eigenvalue weighted by atomic mass is 10.0. The Bertz CT molecular complexity index is 968. The van der Waals surface area contributed by atoms with Crippen molar-refractivity contribution < 1.29 is 14.3 Å². The van der Waals surface area contributed by atoms with Crippen molar-refractivity contribution in [2.75, 3.05) is 19.0 Å². The third kappa shape index (κ3) is 2.19. The van der Waals surface area contributed by atoms with Gasteiger partial charge in [0.05, 0.1) is 24.8 Å². The first-order valence-electron chi connectivity index (χ1n) is 7.59. The molecular formula is C19H14BrNO3. The van der Waals surface area contributed by atoms with Gasteiger partial charge < -0.3 is 9.47 Å². The Hall–Kier alpha value is -2.40. The van der Waals surface area contributed by atoms with Gasteiger partial charge in [0.15, 0.2) is 5.78 Å². The van der Waals surface area contributed by atoms with Crippen LogP contribution in [0.3, 0.4) is 0 Å². The Balaban J connectivity index is 2.04. The number of methoxy groups -OCH3 is 1. The van der Waals surface area contributed by atoms with Gasteiger partial charge in [-0.15, -0.1) is 0 Å². The lowest BCUT2D eigenvalue weighted by Gasteiger charge is -2.11. The SMILES string of the molecule is COc1ccc2c(c1)C(=O)c1c-2c(OCCBr)nc2ccccc12. The van der Waals surface area contributed by atoms with Gasteiger partial charge in [0.1, 0.15) is 5.75 Å². The number of ether oxygens (including phenoxy) is 2. The summed E-state index contributed by atoms with van der Waals surface area (Å²) in [7, 11) is 1.59. The summed E-state index contributed by atoms with van der Waals surface area (Å²) in [6, 6.07) is 13.2. The van der Waals surface area contributed by atoms with Gasteiger partial charge >= 0.3 is 0 Å². The van der Waals surface area contributed by atoms with Gasteiger partial charge in [0.2, 0.25) is 5.88 Å². The molecule has 1 heterocycles. The van der Waals surface area contributed by atoms with Gasteiger partial charge in [-0.25, -0.2) is 4.98 Å². The van der Waals surface area contributed by atoms with Crippen molar-refractivity contribution in [3.63, 3.8) is 0 Å². The Morgan fingerprint density at radius 1 is 1.08 bits per heavy atom. The van der Waals surface area contributed by atoms with Crippen LogP contribution in [0, 0.1) is 0 Å². The Labute approximate surface area is 147 Å². The van der Waals surface area contributed by atoms with Gasteiger partial charge in [0.25, 0.3) is 0 Å². The van der Waals surface area contributed by atoms with Crippen LogP contribution in [-0.2, 0) is 0 Å². The minimum Gasteiger partial charge on any atom is -0.497 e. The van der Waals surface area contributed by atoms with Crippen molar-refractivity contribution in [3.05, 3.63) is 53.6 Å². The molecule has 0 spiro atoms. The molecule has 0 aliphatic heterocycles. The molecule has 0 fully saturated rings. The third-order valence-corrected chi connectivity index (χ3v) is 4.47. The Morgan fingerprint density at radius 3 is 2.71 bits per heavy atom. The summed E-state index contributed by atoms with van der Waals surface area (Å²) in [6.07, 6.45) is 0. The van der Waals surface area contributed by atoms with Crippen LogP contribution >= 0.6 is 15.9 Å². The van der Waals surface area contributed by atoms with E-state index < -0.39 is 0 Å². The molecule has 0 unspecified atom stereocenters. The molecule has 3 aromatic rings. The fourth-order valence-corrected chi connectivity index (χ4v) is 3.27. The Kier molecular flexibility index (Phi) is 3.73. The zero-order valence-electron chi connectivity index (χ0n) is 13.0. The van der Waals surface area contributed by atoms with Crippen LogP contribution in [0.1, 0.15) is 15.9 Å². The predicted octanol–water partition coefficient (Wildman–Crippen LogP) is 4.23. The Morgan fingerprint density at radius 2 is 1.92 bits per heavy atom. The minimum absolute atomic E-state index is 0.0128. The molecule has 1 aliphatic rings. The van der Waals surface area contributed by atoms with E-state index in [9.17, 15) is 4.79 Å². The van der Waals surface area contributed by atoms with Crippen molar-refractivity contribution in [3.8, 4) is 22.8 Å². The highest BCUT2D eigenvalue weighted by Crippen LogP contribution is 2.45. The number of carbonyl (C=O) groups excluding carboxylic acids is 1. The lowest BCUT2D eigenvalue weighted by molar-refractivity contribution is 0.104. The second-order valence-electron chi connectivity index (χ2n) is 5.46. The van der Waals surface area contributed by atoms with Crippen molar-refractivity contribution in [1.29, 1.82) is 0 Å². The van der Waals surface area contributed by atoms with E-state index in [1.807, 2.05) is 36.4 Å². The van der Waals surface area contributed by atoms with Crippen LogP contribution in [0.2, 0.25) is 0 Å². The number of alkyl halides is 1. The largest absolute Gasteiger partial charge is 0.497 e. The van der Waals surface area contributed by atoms with E-state index in [0.717, 1.165) is 22.0 Å². The minimum atomic E-state index is -0.0128. The molecular weight excluding hydrogens is 370 g/mol. The molecule has 4 nitrogen and oxygen atoms in total. The van der Waals surface area contributed by atoms with Crippen LogP contribution < -0.4 is 9.47 Å². The molecule has 0 radical (unpaired) electrons. The second kappa shape index (κ2) is 5.91. The normalized spacial score (nSPS) is 12.2. The number of ketones is 1. The molecule has 120 valence electrons. The fraction of sp³-hybridized carbons (Fsp3) is 0.158. The monoisotopic (exact) mass is 383 g/mol. The van der Waals surface area contributed by atoms with Gasteiger partial charge in [-0.2, -0.15) is 0 Å². The summed E-state index contributed by atoms with van der Waals surface area (Å²) in [5.41, 5.74) is 3.67. The first-order valence-corrected chi connectivity index (χ1v) is 8.71. The van der Waals surface area contributed by atoms with Gasteiger partial charge in [0, 0.05) is 21.8 Å². The highest BCUT2D eigenvalue weighted by atomic mass is 79.9. The van der Waals surface area contributed by atoms with E-state index in [1.165, 1.54) is 0 Å². The van der Waals surface area contributed by atoms with Crippen LogP contribution in [0.15, 0.2) is 42.5 Å². The highest BCUT2D eigenvalue weighted by molar-refractivity contribution is 9.09. The summed E-state index contributed by atoms with van der Waals surface area (Å²) >= 11 is 3.36. The molecule has 24 heavy (non-hydrogen) atoms. The number of rotatable bonds is 4. The molecule has 0 N–H and O–H groups in total. The first kappa shape index (κ1) is 15.1. The van der Waals surface area contributed by atoms with Gasteiger partial charge in [-0.05, 0) is 29.8 Å². The van der Waals surface area contributed by atoms with Crippen LogP contribution in [-0.4, -0.2) is 29.8 Å². The predicted molar refractivity (Wildman–Crippen MR) is 96.5 cm³/mol. The maximum Gasteiger partial charge on any atom is 0.222 e. The number of hydrogen-bond donors (Lipinski definition) is 0. The molecule has 4 rings (SSSR count). The smallest absolute Gasteiger partial charge is 0.222 e. The van der Waals surface area contributed by atoms with Crippen LogP contribution in [0.25, 0.3) is 22.0 Å². The van der Waals surface area contributed by atoms with E-state index in [1.54, 1.807) is 13.2 Å². The van der Waals surface area contributed by atoms with E-state index in [4.69, 9.17) is 9.47 Å². The number of para-hydroxylation sites is 1. The van der Waals surface area contributed by atoms with Crippen molar-refractivity contribution >= 4 is 32.6 Å². The van der Waals surface area contributed by atoms with E-state index in [-0.39, 0.29) is 5.78 Å². The summed E-state index contributed by atoms with van der Waals surface area (Å²) in [5, 5.41) is 1.54. The molecule has 5 heteroatoms. The third-order valence-electron chi connectivity index (χ3n) is 4.14. The fourth-order valence-electron chi connectivity index (χ4n) is 3.11. The molecule has 1 aliphatic carbocycles. The number of hydrogen-bond acceptors (Lipinski definition) is 4. The molecule has 0 bridgehead atoms. The standard InChI is InChI=1S/C19H14BrNO3/c1-23-11-6-7-12-14(10-11)18(22)16-13-4-2-3-5-15(13)21-19(17(12)16)24-9-8-20/h2-7,10H,8-9H2,1H3. The van der Waals surface area contributed by atoms with E-state index in [0.29, 0.717) is 34.7 Å². The summed E-state index contributed by atoms with van der Waals surface area (Å²) in [6.45, 7) is 0.484. The molecule has 1 aromatic heterocycles. The second-order valence-corrected chi connectivity index (χ2v) is 6.26. The molecule has 0 saturated heterocycles. The number of fused-ring (bicyclic) bond motifs is 5. The van der Waals surface area contributed by atoms with Crippen molar-refractivity contribution in [2.24, 2.45) is 0 Å². The van der Waals surface area contributed by atoms with Crippen LogP contribution in [0.4, 0.5) is 0 Å². The topological polar surface area (TPSA) is 48.4 Å². The van der Waals surface area contributed by atoms with Crippen molar-refractivity contribution in [2.45, 2.75) is 0 Å². The average molecular weight is 384 g/mol. The highest BCUT2D eigenvalue weighted by Gasteiger charge is 2.33. The van der Waals surface area contributed by atoms with Gasteiger partial charge in [-0.3, -0.25) is 4.79 Å². The quantitative estimate of drug-likeness (QED) is 0.494. The number of pyridine rings is 1. The zero-order valence-corrected chi connectivity index (χ0v) is 14.6. The maximum absolute atomic E-state index is 13.0. The number of aromatic nitrogens is 1. The summed E-state index contributed by atoms with van der Waals surface area (Å²) in [4.78, 5) is 17.7. The number of benzene rings is 2. The number of carbonyl (C=O) groups is 1. The van der Waals surface area contributed by atoms with E-state index in [2.05, 4.69) is 20.9 Å². The lowest BCUT2D eigenvalue weighted by Crippen LogP contribution is -2.03. The maximum atomic E-state index is 13.0. The number of halogens is 1. The van der Waals surface area contributed by atoms with Gasteiger partial charge in [-0.1, -0.05) is 34.1 Å². The summed E-state index contributed by atoms with van der Waals surface area (Å²) in [5.74, 6) is 1.15.